The van der Waals surface area contributed by atoms with E-state index in [0.29, 0.717) is 5.91 Å². The molecule has 1 amide bonds. The molecule has 4 nitrogen and oxygen atoms in total. The molecule has 160 valence electrons. The maximum absolute atomic E-state index is 12.0. The second-order valence-electron chi connectivity index (χ2n) is 8.62. The topological polar surface area (TPSA) is 29.5 Å². The summed E-state index contributed by atoms with van der Waals surface area (Å²) in [4.78, 5) is 14.0. The molecular weight excluding hydrogens is 360 g/mol. The number of carbonyl (C=O) groups excluding carboxylic acids is 1. The van der Waals surface area contributed by atoms with Crippen LogP contribution >= 0.6 is 0 Å². The van der Waals surface area contributed by atoms with Crippen LogP contribution in [-0.4, -0.2) is 54.9 Å². The van der Waals surface area contributed by atoms with Crippen molar-refractivity contribution in [2.75, 3.05) is 39.6 Å². The molecular formula is C22H43ClN2O2. The average Bonchev–Trinajstić information content (AvgIpc) is 3.26. The van der Waals surface area contributed by atoms with Crippen LogP contribution in [-0.2, 0) is 9.53 Å². The van der Waals surface area contributed by atoms with Crippen LogP contribution in [0.1, 0.15) is 96.8 Å². The minimum atomic E-state index is 0. The molecule has 0 N–H and O–H groups in total. The predicted octanol–water partition coefficient (Wildman–Crippen LogP) is 2.08. The van der Waals surface area contributed by atoms with Crippen molar-refractivity contribution in [1.82, 2.24) is 4.90 Å². The SMILES string of the molecule is CCCCCCCCCCCCCC[N+]1(CN2CCCC2=O)CCOC1.[Cl-]. The minimum absolute atomic E-state index is 0. The van der Waals surface area contributed by atoms with E-state index in [0.717, 1.165) is 50.4 Å². The zero-order valence-electron chi connectivity index (χ0n) is 17.7. The number of likely N-dealkylation sites (tertiary alicyclic amines) is 1. The summed E-state index contributed by atoms with van der Waals surface area (Å²) >= 11 is 0. The molecule has 0 radical (unpaired) electrons. The van der Waals surface area contributed by atoms with Crippen molar-refractivity contribution in [3.8, 4) is 0 Å². The normalized spacial score (nSPS) is 22.4. The van der Waals surface area contributed by atoms with E-state index in [1.165, 1.54) is 83.6 Å². The summed E-state index contributed by atoms with van der Waals surface area (Å²) in [7, 11) is 0. The number of hydrogen-bond acceptors (Lipinski definition) is 2. The Morgan fingerprint density at radius 3 is 2.00 bits per heavy atom. The standard InChI is InChI=1S/C22H43N2O2.ClH/c1-2-3-4-5-6-7-8-9-10-11-12-13-17-24(18-19-26-21-24)20-23-16-14-15-22(23)25;/h2-21H2,1H3;1H/q+1;/p-1. The molecule has 0 aromatic carbocycles. The molecule has 27 heavy (non-hydrogen) atoms. The second kappa shape index (κ2) is 14.6. The zero-order valence-corrected chi connectivity index (χ0v) is 18.5. The number of unbranched alkanes of at least 4 members (excludes halogenated alkanes) is 11. The van der Waals surface area contributed by atoms with Gasteiger partial charge in [0.1, 0.15) is 13.2 Å². The smallest absolute Gasteiger partial charge is 0.226 e. The number of ether oxygens (including phenoxy) is 1. The highest BCUT2D eigenvalue weighted by atomic mass is 35.5. The van der Waals surface area contributed by atoms with Gasteiger partial charge in [-0.3, -0.25) is 14.2 Å². The van der Waals surface area contributed by atoms with Crippen LogP contribution in [0.15, 0.2) is 0 Å². The lowest BCUT2D eigenvalue weighted by Gasteiger charge is -2.35. The molecule has 2 saturated heterocycles. The number of halogens is 1. The summed E-state index contributed by atoms with van der Waals surface area (Å²) in [6, 6.07) is 0. The van der Waals surface area contributed by atoms with E-state index in [4.69, 9.17) is 4.74 Å². The quantitative estimate of drug-likeness (QED) is 0.310. The van der Waals surface area contributed by atoms with E-state index in [9.17, 15) is 4.79 Å². The Bertz CT molecular complexity index is 387. The molecule has 2 heterocycles. The number of nitrogens with zero attached hydrogens (tertiary/aromatic N) is 2. The van der Waals surface area contributed by atoms with Crippen molar-refractivity contribution in [3.63, 3.8) is 0 Å². The molecule has 0 aliphatic carbocycles. The molecule has 2 aliphatic heterocycles. The van der Waals surface area contributed by atoms with Crippen LogP contribution in [0.4, 0.5) is 0 Å². The average molecular weight is 403 g/mol. The Morgan fingerprint density at radius 1 is 0.926 bits per heavy atom. The Balaban J connectivity index is 0.00000364. The number of rotatable bonds is 15. The fourth-order valence-corrected chi connectivity index (χ4v) is 4.44. The highest BCUT2D eigenvalue weighted by molar-refractivity contribution is 5.77. The molecule has 0 aromatic heterocycles. The second-order valence-corrected chi connectivity index (χ2v) is 8.62. The van der Waals surface area contributed by atoms with Gasteiger partial charge in [-0.25, -0.2) is 0 Å². The first-order valence-electron chi connectivity index (χ1n) is 11.5. The maximum Gasteiger partial charge on any atom is 0.226 e. The molecule has 2 aliphatic rings. The number of amides is 1. The molecule has 1 atom stereocenters. The molecule has 5 heteroatoms. The van der Waals surface area contributed by atoms with Gasteiger partial charge < -0.3 is 17.1 Å². The van der Waals surface area contributed by atoms with Crippen LogP contribution in [0.2, 0.25) is 0 Å². The van der Waals surface area contributed by atoms with E-state index in [2.05, 4.69) is 11.8 Å². The van der Waals surface area contributed by atoms with Crippen LogP contribution < -0.4 is 12.4 Å². The fourth-order valence-electron chi connectivity index (χ4n) is 4.44. The molecule has 0 aromatic rings. The van der Waals surface area contributed by atoms with Gasteiger partial charge in [0.15, 0.2) is 13.4 Å². The van der Waals surface area contributed by atoms with Crippen molar-refractivity contribution in [2.45, 2.75) is 96.8 Å². The van der Waals surface area contributed by atoms with E-state index in [1.807, 2.05) is 0 Å². The van der Waals surface area contributed by atoms with E-state index < -0.39 is 0 Å². The molecule has 2 rings (SSSR count). The molecule has 1 unspecified atom stereocenters. The van der Waals surface area contributed by atoms with Crippen molar-refractivity contribution in [1.29, 1.82) is 0 Å². The van der Waals surface area contributed by atoms with Gasteiger partial charge in [-0.2, -0.15) is 0 Å². The first-order valence-corrected chi connectivity index (χ1v) is 11.5. The summed E-state index contributed by atoms with van der Waals surface area (Å²) < 4.78 is 6.69. The third-order valence-corrected chi connectivity index (χ3v) is 6.20. The van der Waals surface area contributed by atoms with Gasteiger partial charge in [-0.05, 0) is 19.3 Å². The molecule has 0 bridgehead atoms. The van der Waals surface area contributed by atoms with Gasteiger partial charge in [-0.15, -0.1) is 0 Å². The van der Waals surface area contributed by atoms with Gasteiger partial charge >= 0.3 is 0 Å². The van der Waals surface area contributed by atoms with E-state index in [1.54, 1.807) is 0 Å². The minimum Gasteiger partial charge on any atom is -1.00 e. The molecule has 0 saturated carbocycles. The Hall–Kier alpha value is -0.320. The zero-order chi connectivity index (χ0) is 18.5. The van der Waals surface area contributed by atoms with Gasteiger partial charge in [0.05, 0.1) is 6.54 Å². The summed E-state index contributed by atoms with van der Waals surface area (Å²) in [6.07, 6.45) is 18.5. The summed E-state index contributed by atoms with van der Waals surface area (Å²) in [6.45, 7) is 8.06. The van der Waals surface area contributed by atoms with E-state index in [-0.39, 0.29) is 12.4 Å². The van der Waals surface area contributed by atoms with Gasteiger partial charge in [0.2, 0.25) is 5.91 Å². The van der Waals surface area contributed by atoms with Crippen LogP contribution in [0.3, 0.4) is 0 Å². The van der Waals surface area contributed by atoms with Crippen LogP contribution in [0.5, 0.6) is 0 Å². The first-order chi connectivity index (χ1) is 12.8. The Labute approximate surface area is 174 Å². The van der Waals surface area contributed by atoms with Gasteiger partial charge in [0.25, 0.3) is 0 Å². The molecule has 2 fully saturated rings. The predicted molar refractivity (Wildman–Crippen MR) is 108 cm³/mol. The van der Waals surface area contributed by atoms with Gasteiger partial charge in [0, 0.05) is 13.0 Å². The fraction of sp³-hybridized carbons (Fsp3) is 0.955. The summed E-state index contributed by atoms with van der Waals surface area (Å²) in [5, 5.41) is 0. The van der Waals surface area contributed by atoms with Crippen LogP contribution in [0.25, 0.3) is 0 Å². The lowest BCUT2D eigenvalue weighted by Crippen LogP contribution is -3.00. The highest BCUT2D eigenvalue weighted by Crippen LogP contribution is 2.21. The number of hydrogen-bond donors (Lipinski definition) is 0. The highest BCUT2D eigenvalue weighted by Gasteiger charge is 2.36. The maximum atomic E-state index is 12.0. The Morgan fingerprint density at radius 2 is 1.52 bits per heavy atom. The lowest BCUT2D eigenvalue weighted by molar-refractivity contribution is -0.933. The molecule has 0 spiro atoms. The monoisotopic (exact) mass is 402 g/mol. The van der Waals surface area contributed by atoms with Crippen LogP contribution in [0, 0.1) is 0 Å². The van der Waals surface area contributed by atoms with Crippen molar-refractivity contribution < 1.29 is 26.4 Å². The van der Waals surface area contributed by atoms with Crippen molar-refractivity contribution >= 4 is 5.91 Å². The number of quaternary nitrogens is 1. The first kappa shape index (κ1) is 24.7. The lowest BCUT2D eigenvalue weighted by atomic mass is 10.1. The summed E-state index contributed by atoms with van der Waals surface area (Å²) in [5.74, 6) is 0.351. The largest absolute Gasteiger partial charge is 1.00 e. The van der Waals surface area contributed by atoms with Gasteiger partial charge in [-0.1, -0.05) is 71.1 Å². The summed E-state index contributed by atoms with van der Waals surface area (Å²) in [5.41, 5.74) is 0. The third kappa shape index (κ3) is 9.62. The Kier molecular flexibility index (Phi) is 13.4. The third-order valence-electron chi connectivity index (χ3n) is 6.20. The van der Waals surface area contributed by atoms with E-state index >= 15 is 0 Å². The van der Waals surface area contributed by atoms with Crippen molar-refractivity contribution in [3.05, 3.63) is 0 Å². The number of carbonyl (C=O) groups is 1. The van der Waals surface area contributed by atoms with Crippen molar-refractivity contribution in [2.24, 2.45) is 0 Å².